The lowest BCUT2D eigenvalue weighted by Crippen LogP contribution is -2.55. The molecule has 2 unspecified atom stereocenters. The third-order valence-corrected chi connectivity index (χ3v) is 9.54. The van der Waals surface area contributed by atoms with Crippen molar-refractivity contribution in [2.45, 2.75) is 58.4 Å². The molecule has 1 saturated heterocycles. The summed E-state index contributed by atoms with van der Waals surface area (Å²) >= 11 is 8.10. The van der Waals surface area contributed by atoms with Gasteiger partial charge in [-0.2, -0.15) is 5.26 Å². The maximum atomic E-state index is 14.6. The van der Waals surface area contributed by atoms with Crippen LogP contribution in [0, 0.1) is 16.7 Å². The molecule has 0 bridgehead atoms. The summed E-state index contributed by atoms with van der Waals surface area (Å²) in [6, 6.07) is 12.3. The molecule has 0 amide bonds. The summed E-state index contributed by atoms with van der Waals surface area (Å²) in [4.78, 5) is 8.21. The molecule has 3 N–H and O–H groups in total. The Kier molecular flexibility index (Phi) is 7.53. The number of benzene rings is 1. The number of aliphatic hydroxyl groups excluding tert-OH is 2. The lowest BCUT2D eigenvalue weighted by atomic mass is 9.80. The van der Waals surface area contributed by atoms with Crippen molar-refractivity contribution in [3.05, 3.63) is 64.7 Å². The van der Waals surface area contributed by atoms with E-state index in [1.165, 1.54) is 27.3 Å². The average molecular weight is 595 g/mol. The van der Waals surface area contributed by atoms with Crippen LogP contribution in [0.15, 0.2) is 54.8 Å². The number of hydrogen-bond donors (Lipinski definition) is 3. The smallest absolute Gasteiger partial charge is 0.189 e. The molecule has 5 heterocycles. The van der Waals surface area contributed by atoms with Gasteiger partial charge in [-0.05, 0) is 70.1 Å². The largest absolute Gasteiger partial charge is 0.371 e. The Bertz CT molecular complexity index is 1670. The Morgan fingerprint density at radius 3 is 2.73 bits per heavy atom. The first-order chi connectivity index (χ1) is 19.7. The molecule has 0 radical (unpaired) electrons. The predicted octanol–water partition coefficient (Wildman–Crippen LogP) is 5.40. The highest BCUT2D eigenvalue weighted by Gasteiger charge is 2.36. The molecule has 41 heavy (non-hydrogen) atoms. The van der Waals surface area contributed by atoms with Gasteiger partial charge in [0, 0.05) is 64.1 Å². The third kappa shape index (κ3) is 5.12. The van der Waals surface area contributed by atoms with Crippen LogP contribution in [0.5, 0.6) is 0 Å². The molecule has 11 heteroatoms. The molecule has 2 aliphatic rings. The molecule has 8 nitrogen and oxygen atoms in total. The van der Waals surface area contributed by atoms with Crippen LogP contribution >= 0.6 is 22.9 Å². The van der Waals surface area contributed by atoms with Crippen LogP contribution in [0.2, 0.25) is 5.02 Å². The number of halogens is 2. The van der Waals surface area contributed by atoms with E-state index in [1.54, 1.807) is 6.20 Å². The van der Waals surface area contributed by atoms with Crippen LogP contribution in [0.1, 0.15) is 31.6 Å². The fourth-order valence-electron chi connectivity index (χ4n) is 5.96. The first-order valence-corrected chi connectivity index (χ1v) is 14.9. The summed E-state index contributed by atoms with van der Waals surface area (Å²) in [5.74, 6) is -0.713. The number of aliphatic hydroxyl groups is 2. The monoisotopic (exact) mass is 594 g/mol. The molecule has 0 aliphatic carbocycles. The Morgan fingerprint density at radius 2 is 2.00 bits per heavy atom. The third-order valence-electron chi connectivity index (χ3n) is 8.18. The van der Waals surface area contributed by atoms with Crippen LogP contribution < -0.4 is 5.32 Å². The van der Waals surface area contributed by atoms with Crippen molar-refractivity contribution in [2.75, 3.05) is 13.1 Å². The fraction of sp³-hybridized carbons (Fsp3) is 0.400. The van der Waals surface area contributed by atoms with Gasteiger partial charge >= 0.3 is 0 Å². The fourth-order valence-corrected chi connectivity index (χ4v) is 7.34. The Balaban J connectivity index is 1.41. The number of pyridine rings is 1. The molecule has 0 spiro atoms. The summed E-state index contributed by atoms with van der Waals surface area (Å²) < 4.78 is 17.7. The molecule has 214 valence electrons. The van der Waals surface area contributed by atoms with Gasteiger partial charge in [0.05, 0.1) is 27.2 Å². The summed E-state index contributed by atoms with van der Waals surface area (Å²) in [7, 11) is 0. The average Bonchev–Trinajstić information content (AvgIpc) is 3.56. The van der Waals surface area contributed by atoms with Crippen molar-refractivity contribution in [3.8, 4) is 17.2 Å². The molecule has 1 aromatic carbocycles. The highest BCUT2D eigenvalue weighted by atomic mass is 35.5. The standard InChI is InChI=1S/C30H32ClFN6O2S/c1-18(2)37-15-24(32)28(39)38(29(37)40)14-21-13-25-27(41-21)22(3-7-35-25)23-12-20(31)11-19-4-10-36(26(19)23)17-30(16-33)5-8-34-9-6-30/h3-4,7,10-13,15,18,28-29,34,39-40H,5-6,8-9,14,17H2,1-2H3. The molecule has 4 aromatic rings. The van der Waals surface area contributed by atoms with Gasteiger partial charge in [0.25, 0.3) is 0 Å². The SMILES string of the molecule is CC(C)N1C=C(F)C(O)N(Cc2cc3nccc(-c4cc(Cl)cc5ccn(CC6(C#N)CCNCC6)c45)c3s2)C1O. The quantitative estimate of drug-likeness (QED) is 0.275. The minimum absolute atomic E-state index is 0.132. The van der Waals surface area contributed by atoms with Crippen molar-refractivity contribution in [1.29, 1.82) is 5.26 Å². The van der Waals surface area contributed by atoms with Crippen molar-refractivity contribution in [1.82, 2.24) is 24.7 Å². The molecular formula is C30H32ClFN6O2S. The Hall–Kier alpha value is -3.04. The topological polar surface area (TPSA) is 101 Å². The molecule has 2 aliphatic heterocycles. The zero-order chi connectivity index (χ0) is 28.9. The first kappa shape index (κ1) is 28.1. The second-order valence-electron chi connectivity index (χ2n) is 11.2. The van der Waals surface area contributed by atoms with E-state index in [0.717, 1.165) is 63.1 Å². The van der Waals surface area contributed by atoms with Crippen LogP contribution in [0.4, 0.5) is 4.39 Å². The van der Waals surface area contributed by atoms with E-state index in [1.807, 2.05) is 50.4 Å². The predicted molar refractivity (Wildman–Crippen MR) is 159 cm³/mol. The van der Waals surface area contributed by atoms with Gasteiger partial charge in [0.1, 0.15) is 0 Å². The lowest BCUT2D eigenvalue weighted by Gasteiger charge is -2.43. The molecular weight excluding hydrogens is 563 g/mol. The van der Waals surface area contributed by atoms with Gasteiger partial charge in [0.15, 0.2) is 18.4 Å². The molecule has 2 atom stereocenters. The van der Waals surface area contributed by atoms with Gasteiger partial charge in [0.2, 0.25) is 0 Å². The number of rotatable bonds is 6. The maximum Gasteiger partial charge on any atom is 0.189 e. The summed E-state index contributed by atoms with van der Waals surface area (Å²) in [6.45, 7) is 6.07. The number of aromatic nitrogens is 2. The number of nitrogens with one attached hydrogen (secondary N) is 1. The van der Waals surface area contributed by atoms with Crippen LogP contribution in [-0.4, -0.2) is 61.3 Å². The van der Waals surface area contributed by atoms with Gasteiger partial charge in [-0.3, -0.25) is 4.98 Å². The highest BCUT2D eigenvalue weighted by Crippen LogP contribution is 2.41. The van der Waals surface area contributed by atoms with E-state index in [4.69, 9.17) is 11.6 Å². The van der Waals surface area contributed by atoms with Crippen LogP contribution in [0.25, 0.3) is 32.2 Å². The summed E-state index contributed by atoms with van der Waals surface area (Å²) in [6.07, 6.45) is 3.81. The van der Waals surface area contributed by atoms with E-state index in [2.05, 4.69) is 20.9 Å². The molecule has 3 aromatic heterocycles. The van der Waals surface area contributed by atoms with Crippen LogP contribution in [0.3, 0.4) is 0 Å². The minimum Gasteiger partial charge on any atom is -0.371 e. The van der Waals surface area contributed by atoms with Gasteiger partial charge < -0.3 is 25.0 Å². The number of nitriles is 1. The van der Waals surface area contributed by atoms with Crippen molar-refractivity contribution < 1.29 is 14.6 Å². The Morgan fingerprint density at radius 1 is 1.22 bits per heavy atom. The highest BCUT2D eigenvalue weighted by molar-refractivity contribution is 7.19. The first-order valence-electron chi connectivity index (χ1n) is 13.7. The molecule has 1 fully saturated rings. The van der Waals surface area contributed by atoms with E-state index < -0.39 is 23.8 Å². The zero-order valence-electron chi connectivity index (χ0n) is 22.9. The van der Waals surface area contributed by atoms with Gasteiger partial charge in [-0.1, -0.05) is 11.6 Å². The normalized spacial score (nSPS) is 21.5. The molecule has 6 rings (SSSR count). The minimum atomic E-state index is -1.55. The van der Waals surface area contributed by atoms with Gasteiger partial charge in [-0.25, -0.2) is 9.29 Å². The van der Waals surface area contributed by atoms with E-state index in [-0.39, 0.29) is 12.6 Å². The zero-order valence-corrected chi connectivity index (χ0v) is 24.5. The van der Waals surface area contributed by atoms with Crippen molar-refractivity contribution in [3.63, 3.8) is 0 Å². The summed E-state index contributed by atoms with van der Waals surface area (Å²) in [5, 5.41) is 36.6. The maximum absolute atomic E-state index is 14.6. The van der Waals surface area contributed by atoms with Gasteiger partial charge in [-0.15, -0.1) is 11.3 Å². The number of piperidine rings is 1. The number of nitrogens with zero attached hydrogens (tertiary/aromatic N) is 5. The van der Waals surface area contributed by atoms with Crippen molar-refractivity contribution in [2.24, 2.45) is 5.41 Å². The number of thiophene rings is 1. The van der Waals surface area contributed by atoms with Crippen molar-refractivity contribution >= 4 is 44.1 Å². The molecule has 0 saturated carbocycles. The van der Waals surface area contributed by atoms with E-state index in [9.17, 15) is 19.9 Å². The van der Waals surface area contributed by atoms with E-state index in [0.29, 0.717) is 11.6 Å². The van der Waals surface area contributed by atoms with Crippen LogP contribution in [-0.2, 0) is 13.1 Å². The lowest BCUT2D eigenvalue weighted by molar-refractivity contribution is -0.178. The summed E-state index contributed by atoms with van der Waals surface area (Å²) in [5.41, 5.74) is 3.22. The number of fused-ring (bicyclic) bond motifs is 2. The van der Waals surface area contributed by atoms with E-state index >= 15 is 0 Å². The second kappa shape index (κ2) is 11.0. The second-order valence-corrected chi connectivity index (χ2v) is 12.8. The number of hydrogen-bond acceptors (Lipinski definition) is 8. The Labute approximate surface area is 246 Å².